The molecule has 0 aromatic heterocycles. The van der Waals surface area contributed by atoms with E-state index in [0.717, 1.165) is 38.1 Å². The zero-order chi connectivity index (χ0) is 19.4. The van der Waals surface area contributed by atoms with Crippen molar-refractivity contribution < 1.29 is 8.42 Å². The van der Waals surface area contributed by atoms with Gasteiger partial charge in [0.15, 0.2) is 5.96 Å². The Labute approximate surface area is 183 Å². The molecule has 7 nitrogen and oxygen atoms in total. The minimum atomic E-state index is -3.10. The highest BCUT2D eigenvalue weighted by atomic mass is 127. The average Bonchev–Trinajstić information content (AvgIpc) is 2.65. The van der Waals surface area contributed by atoms with E-state index < -0.39 is 10.0 Å². The first-order valence-electron chi connectivity index (χ1n) is 10.1. The van der Waals surface area contributed by atoms with E-state index in [-0.39, 0.29) is 29.7 Å². The molecule has 0 amide bonds. The van der Waals surface area contributed by atoms with Gasteiger partial charge in [-0.2, -0.15) is 0 Å². The van der Waals surface area contributed by atoms with Gasteiger partial charge in [0.25, 0.3) is 0 Å². The van der Waals surface area contributed by atoms with Crippen LogP contribution >= 0.6 is 24.0 Å². The molecule has 0 saturated carbocycles. The Morgan fingerprint density at radius 3 is 2.59 bits per heavy atom. The summed E-state index contributed by atoms with van der Waals surface area (Å²) in [5, 5.41) is 6.67. The van der Waals surface area contributed by atoms with E-state index in [9.17, 15) is 8.42 Å². The van der Waals surface area contributed by atoms with Crippen LogP contribution in [0.25, 0.3) is 0 Å². The van der Waals surface area contributed by atoms with Gasteiger partial charge in [-0.3, -0.25) is 9.89 Å². The van der Waals surface area contributed by atoms with Crippen molar-refractivity contribution >= 4 is 40.0 Å². The van der Waals surface area contributed by atoms with Gasteiger partial charge in [0.1, 0.15) is 0 Å². The highest BCUT2D eigenvalue weighted by Crippen LogP contribution is 2.18. The minimum Gasteiger partial charge on any atom is -0.357 e. The lowest BCUT2D eigenvalue weighted by Gasteiger charge is -2.35. The molecule has 1 unspecified atom stereocenters. The van der Waals surface area contributed by atoms with Crippen molar-refractivity contribution in [2.75, 3.05) is 52.1 Å². The van der Waals surface area contributed by atoms with Crippen LogP contribution < -0.4 is 10.6 Å². The summed E-state index contributed by atoms with van der Waals surface area (Å²) in [6.45, 7) is 11.1. The lowest BCUT2D eigenvalue weighted by molar-refractivity contribution is 0.147. The standard InChI is InChI=1S/C18H39N5O2S.HI/c1-5-17-11-8-9-15-23(17)16-13-21-18(19-6-2)20-12-10-14-22(4)26(24,25)7-3;/h17H,5-16H2,1-4H3,(H2,19,20,21);1H. The number of nitrogens with one attached hydrogen (secondary N) is 2. The molecule has 27 heavy (non-hydrogen) atoms. The third-order valence-electron chi connectivity index (χ3n) is 5.00. The molecule has 1 heterocycles. The molecule has 0 spiro atoms. The smallest absolute Gasteiger partial charge is 0.213 e. The molecule has 0 aromatic rings. The van der Waals surface area contributed by atoms with Crippen LogP contribution in [0.2, 0.25) is 0 Å². The van der Waals surface area contributed by atoms with Gasteiger partial charge in [-0.05, 0) is 46.1 Å². The Kier molecular flexibility index (Phi) is 14.7. The van der Waals surface area contributed by atoms with E-state index in [1.54, 1.807) is 14.0 Å². The van der Waals surface area contributed by atoms with Crippen LogP contribution in [0.1, 0.15) is 52.9 Å². The summed E-state index contributed by atoms with van der Waals surface area (Å²) in [6.07, 6.45) is 5.92. The predicted molar refractivity (Wildman–Crippen MR) is 126 cm³/mol. The van der Waals surface area contributed by atoms with Crippen molar-refractivity contribution in [1.82, 2.24) is 19.8 Å². The van der Waals surface area contributed by atoms with Crippen LogP contribution in [0, 0.1) is 0 Å². The van der Waals surface area contributed by atoms with E-state index in [4.69, 9.17) is 0 Å². The third kappa shape index (κ3) is 10.3. The van der Waals surface area contributed by atoms with E-state index in [1.165, 1.54) is 36.5 Å². The zero-order valence-electron chi connectivity index (χ0n) is 17.5. The Morgan fingerprint density at radius 1 is 1.22 bits per heavy atom. The van der Waals surface area contributed by atoms with Crippen molar-refractivity contribution in [3.63, 3.8) is 0 Å². The van der Waals surface area contributed by atoms with Gasteiger partial charge in [0, 0.05) is 45.8 Å². The van der Waals surface area contributed by atoms with Crippen molar-refractivity contribution in [3.05, 3.63) is 0 Å². The number of guanidine groups is 1. The molecule has 0 bridgehead atoms. The molecule has 1 aliphatic rings. The normalized spacial score (nSPS) is 19.0. The second-order valence-corrected chi connectivity index (χ2v) is 9.22. The van der Waals surface area contributed by atoms with E-state index >= 15 is 0 Å². The third-order valence-corrected chi connectivity index (χ3v) is 6.86. The molecule has 1 fully saturated rings. The highest BCUT2D eigenvalue weighted by Gasteiger charge is 2.20. The number of sulfonamides is 1. The molecule has 0 aromatic carbocycles. The number of piperidine rings is 1. The molecule has 1 saturated heterocycles. The van der Waals surface area contributed by atoms with Crippen LogP contribution in [-0.4, -0.2) is 81.7 Å². The van der Waals surface area contributed by atoms with Gasteiger partial charge in [0.2, 0.25) is 10.0 Å². The molecule has 0 aliphatic carbocycles. The monoisotopic (exact) mass is 517 g/mol. The molecule has 2 N–H and O–H groups in total. The number of nitrogens with zero attached hydrogens (tertiary/aromatic N) is 3. The van der Waals surface area contributed by atoms with Gasteiger partial charge in [-0.1, -0.05) is 13.3 Å². The summed E-state index contributed by atoms with van der Waals surface area (Å²) in [5.74, 6) is 0.963. The van der Waals surface area contributed by atoms with E-state index in [0.29, 0.717) is 13.1 Å². The number of hydrogen-bond donors (Lipinski definition) is 2. The Balaban J connectivity index is 0.00000676. The van der Waals surface area contributed by atoms with Crippen LogP contribution in [0.15, 0.2) is 4.99 Å². The van der Waals surface area contributed by atoms with Gasteiger partial charge in [-0.25, -0.2) is 12.7 Å². The lowest BCUT2D eigenvalue weighted by Crippen LogP contribution is -2.46. The fraction of sp³-hybridized carbons (Fsp3) is 0.944. The fourth-order valence-corrected chi connectivity index (χ4v) is 4.17. The second kappa shape index (κ2) is 14.8. The van der Waals surface area contributed by atoms with Crippen LogP contribution in [0.4, 0.5) is 0 Å². The molecule has 0 radical (unpaired) electrons. The molecule has 162 valence electrons. The Morgan fingerprint density at radius 2 is 1.96 bits per heavy atom. The SMILES string of the molecule is CCNC(=NCCCN(C)S(=O)(=O)CC)NCCN1CCCCC1CC.I. The van der Waals surface area contributed by atoms with Crippen molar-refractivity contribution in [1.29, 1.82) is 0 Å². The lowest BCUT2D eigenvalue weighted by atomic mass is 10.0. The van der Waals surface area contributed by atoms with Gasteiger partial charge in [0.05, 0.1) is 5.75 Å². The molecular formula is C18H40IN5O2S. The summed E-state index contributed by atoms with van der Waals surface area (Å²) < 4.78 is 24.9. The van der Waals surface area contributed by atoms with E-state index in [1.807, 2.05) is 0 Å². The first kappa shape index (κ1) is 26.9. The van der Waals surface area contributed by atoms with Crippen molar-refractivity contribution in [3.8, 4) is 0 Å². The van der Waals surface area contributed by atoms with Gasteiger partial charge < -0.3 is 10.6 Å². The average molecular weight is 518 g/mol. The first-order valence-corrected chi connectivity index (χ1v) is 11.8. The number of halogens is 1. The second-order valence-electron chi connectivity index (χ2n) is 6.86. The van der Waals surface area contributed by atoms with Gasteiger partial charge in [-0.15, -0.1) is 24.0 Å². The van der Waals surface area contributed by atoms with Gasteiger partial charge >= 0.3 is 0 Å². The summed E-state index contributed by atoms with van der Waals surface area (Å²) in [6, 6.07) is 0.723. The number of aliphatic imine (C=N–C) groups is 1. The summed E-state index contributed by atoms with van der Waals surface area (Å²) in [7, 11) is -1.46. The summed E-state index contributed by atoms with van der Waals surface area (Å²) >= 11 is 0. The molecule has 1 aliphatic heterocycles. The Bertz CT molecular complexity index is 516. The largest absolute Gasteiger partial charge is 0.357 e. The fourth-order valence-electron chi connectivity index (χ4n) is 3.32. The number of likely N-dealkylation sites (tertiary alicyclic amines) is 1. The minimum absolute atomic E-state index is 0. The van der Waals surface area contributed by atoms with Crippen LogP contribution in [-0.2, 0) is 10.0 Å². The summed E-state index contributed by atoms with van der Waals surface area (Å²) in [5.41, 5.74) is 0. The first-order chi connectivity index (χ1) is 12.4. The molecule has 1 atom stereocenters. The molecule has 1 rings (SSSR count). The van der Waals surface area contributed by atoms with Crippen LogP contribution in [0.5, 0.6) is 0 Å². The predicted octanol–water partition coefficient (Wildman–Crippen LogP) is 2.10. The maximum Gasteiger partial charge on any atom is 0.213 e. The zero-order valence-corrected chi connectivity index (χ0v) is 20.7. The van der Waals surface area contributed by atoms with Crippen molar-refractivity contribution in [2.45, 2.75) is 58.9 Å². The quantitative estimate of drug-likeness (QED) is 0.190. The maximum absolute atomic E-state index is 11.7. The highest BCUT2D eigenvalue weighted by molar-refractivity contribution is 14.0. The maximum atomic E-state index is 11.7. The molecule has 9 heteroatoms. The van der Waals surface area contributed by atoms with E-state index in [2.05, 4.69) is 34.4 Å². The number of hydrogen-bond acceptors (Lipinski definition) is 4. The molecular weight excluding hydrogens is 477 g/mol. The Hall–Kier alpha value is -0.130. The van der Waals surface area contributed by atoms with Crippen LogP contribution in [0.3, 0.4) is 0 Å². The topological polar surface area (TPSA) is 77.0 Å². The summed E-state index contributed by atoms with van der Waals surface area (Å²) in [4.78, 5) is 7.16. The number of rotatable bonds is 11. The van der Waals surface area contributed by atoms with Crippen molar-refractivity contribution in [2.24, 2.45) is 4.99 Å².